The number of carbonyl (C=O) groups excluding carboxylic acids is 2. The lowest BCUT2D eigenvalue weighted by Crippen LogP contribution is -2.41. The molecule has 7 nitrogen and oxygen atoms in total. The van der Waals surface area contributed by atoms with Crippen molar-refractivity contribution in [2.24, 2.45) is 5.10 Å². The first-order valence-electron chi connectivity index (χ1n) is 6.41. The number of nitrogens with one attached hydrogen (secondary N) is 1. The van der Waals surface area contributed by atoms with Gasteiger partial charge in [0.25, 0.3) is 5.91 Å². The Hall–Kier alpha value is -2.70. The first kappa shape index (κ1) is 14.7. The zero-order chi connectivity index (χ0) is 15.4. The molecule has 2 amide bonds. The molecule has 0 aromatic heterocycles. The fourth-order valence-electron chi connectivity index (χ4n) is 1.98. The highest BCUT2D eigenvalue weighted by molar-refractivity contribution is 6.39. The molecule has 1 heterocycles. The number of nitrogens with zero attached hydrogens (tertiary/aromatic N) is 2. The maximum Gasteiger partial charge on any atom is 0.330 e. The van der Waals surface area contributed by atoms with Gasteiger partial charge in [0.05, 0.1) is 0 Å². The van der Waals surface area contributed by atoms with Crippen molar-refractivity contribution in [1.82, 2.24) is 10.3 Å². The Kier molecular flexibility index (Phi) is 4.32. The van der Waals surface area contributed by atoms with Crippen LogP contribution in [0.4, 0.5) is 0 Å². The molecule has 2 N–H and O–H groups in total. The zero-order valence-electron chi connectivity index (χ0n) is 11.4. The SMILES string of the molecule is CN1N=C(C(=O)N[C@@H](C(=O)O)c2ccccc2)CCC1=O. The number of hydrogen-bond acceptors (Lipinski definition) is 4. The Morgan fingerprint density at radius 2 is 1.95 bits per heavy atom. The summed E-state index contributed by atoms with van der Waals surface area (Å²) < 4.78 is 0. The topological polar surface area (TPSA) is 99.1 Å². The number of carboxylic acid groups (broad SMARTS) is 1. The van der Waals surface area contributed by atoms with Gasteiger partial charge in [-0.25, -0.2) is 9.80 Å². The fraction of sp³-hybridized carbons (Fsp3) is 0.286. The van der Waals surface area contributed by atoms with Gasteiger partial charge in [0.1, 0.15) is 5.71 Å². The van der Waals surface area contributed by atoms with Crippen molar-refractivity contribution < 1.29 is 19.5 Å². The van der Waals surface area contributed by atoms with E-state index in [1.807, 2.05) is 0 Å². The standard InChI is InChI=1S/C14H15N3O4/c1-17-11(18)8-7-10(16-17)13(19)15-12(14(20)21)9-5-3-2-4-6-9/h2-6,12H,7-8H2,1H3,(H,15,19)(H,20,21)/t12-/m1/s1. The van der Waals surface area contributed by atoms with E-state index < -0.39 is 17.9 Å². The van der Waals surface area contributed by atoms with Crippen molar-refractivity contribution in [3.05, 3.63) is 35.9 Å². The molecule has 1 aliphatic rings. The summed E-state index contributed by atoms with van der Waals surface area (Å²) in [6.45, 7) is 0. The van der Waals surface area contributed by atoms with Crippen LogP contribution in [0.15, 0.2) is 35.4 Å². The lowest BCUT2D eigenvalue weighted by molar-refractivity contribution is -0.141. The summed E-state index contributed by atoms with van der Waals surface area (Å²) in [5.41, 5.74) is 0.624. The molecule has 0 saturated heterocycles. The van der Waals surface area contributed by atoms with Gasteiger partial charge >= 0.3 is 5.97 Å². The summed E-state index contributed by atoms with van der Waals surface area (Å²) in [7, 11) is 1.46. The van der Waals surface area contributed by atoms with Crippen molar-refractivity contribution in [1.29, 1.82) is 0 Å². The van der Waals surface area contributed by atoms with Gasteiger partial charge < -0.3 is 10.4 Å². The highest BCUT2D eigenvalue weighted by Gasteiger charge is 2.27. The van der Waals surface area contributed by atoms with Gasteiger partial charge in [0.15, 0.2) is 6.04 Å². The average molecular weight is 289 g/mol. The summed E-state index contributed by atoms with van der Waals surface area (Å²) in [5.74, 6) is -1.91. The first-order valence-corrected chi connectivity index (χ1v) is 6.41. The molecule has 7 heteroatoms. The van der Waals surface area contributed by atoms with Crippen LogP contribution in [0.5, 0.6) is 0 Å². The number of carbonyl (C=O) groups is 3. The van der Waals surface area contributed by atoms with Crippen LogP contribution >= 0.6 is 0 Å². The van der Waals surface area contributed by atoms with Crippen molar-refractivity contribution >= 4 is 23.5 Å². The number of rotatable bonds is 4. The van der Waals surface area contributed by atoms with E-state index in [0.29, 0.717) is 5.56 Å². The van der Waals surface area contributed by atoms with Crippen LogP contribution in [0.25, 0.3) is 0 Å². The second-order valence-electron chi connectivity index (χ2n) is 4.62. The van der Waals surface area contributed by atoms with E-state index >= 15 is 0 Å². The third-order valence-corrected chi connectivity index (χ3v) is 3.12. The molecule has 1 atom stereocenters. The second-order valence-corrected chi connectivity index (χ2v) is 4.62. The molecule has 21 heavy (non-hydrogen) atoms. The van der Waals surface area contributed by atoms with Crippen molar-refractivity contribution in [2.75, 3.05) is 7.05 Å². The predicted octanol–water partition coefficient (Wildman–Crippen LogP) is 0.537. The lowest BCUT2D eigenvalue weighted by Gasteiger charge is -2.20. The third-order valence-electron chi connectivity index (χ3n) is 3.12. The summed E-state index contributed by atoms with van der Waals surface area (Å²) in [6.07, 6.45) is 0.391. The minimum atomic E-state index is -1.16. The predicted molar refractivity (Wildman–Crippen MR) is 74.4 cm³/mol. The summed E-state index contributed by atoms with van der Waals surface area (Å²) in [5, 5.41) is 16.6. The molecule has 0 fully saturated rings. The smallest absolute Gasteiger partial charge is 0.330 e. The molecular weight excluding hydrogens is 274 g/mol. The van der Waals surface area contributed by atoms with Crippen molar-refractivity contribution in [2.45, 2.75) is 18.9 Å². The van der Waals surface area contributed by atoms with Crippen LogP contribution in [-0.2, 0) is 14.4 Å². The van der Waals surface area contributed by atoms with Gasteiger partial charge in [0, 0.05) is 19.9 Å². The van der Waals surface area contributed by atoms with Gasteiger partial charge in [-0.1, -0.05) is 30.3 Å². The maximum absolute atomic E-state index is 12.1. The van der Waals surface area contributed by atoms with Gasteiger partial charge in [-0.2, -0.15) is 5.10 Å². The minimum Gasteiger partial charge on any atom is -0.479 e. The van der Waals surface area contributed by atoms with E-state index in [9.17, 15) is 19.5 Å². The molecule has 1 aromatic carbocycles. The Balaban J connectivity index is 2.15. The van der Waals surface area contributed by atoms with E-state index in [1.54, 1.807) is 30.3 Å². The molecule has 0 unspecified atom stereocenters. The third kappa shape index (κ3) is 3.44. The maximum atomic E-state index is 12.1. The van der Waals surface area contributed by atoms with Crippen LogP contribution in [0.1, 0.15) is 24.4 Å². The molecule has 0 radical (unpaired) electrons. The number of benzene rings is 1. The van der Waals surface area contributed by atoms with Crippen LogP contribution in [0.2, 0.25) is 0 Å². The summed E-state index contributed by atoms with van der Waals surface area (Å²) >= 11 is 0. The molecule has 0 saturated carbocycles. The monoisotopic (exact) mass is 289 g/mol. The quantitative estimate of drug-likeness (QED) is 0.844. The molecular formula is C14H15N3O4. The number of amides is 2. The first-order chi connectivity index (χ1) is 9.99. The highest BCUT2D eigenvalue weighted by Crippen LogP contribution is 2.14. The van der Waals surface area contributed by atoms with Crippen LogP contribution in [-0.4, -0.2) is 40.7 Å². The number of carboxylic acids is 1. The zero-order valence-corrected chi connectivity index (χ0v) is 11.4. The van der Waals surface area contributed by atoms with Crippen LogP contribution in [0, 0.1) is 0 Å². The second kappa shape index (κ2) is 6.17. The van der Waals surface area contributed by atoms with E-state index in [4.69, 9.17) is 0 Å². The van der Waals surface area contributed by atoms with Crippen molar-refractivity contribution in [3.63, 3.8) is 0 Å². The highest BCUT2D eigenvalue weighted by atomic mass is 16.4. The fourth-order valence-corrected chi connectivity index (χ4v) is 1.98. The van der Waals surface area contributed by atoms with Crippen molar-refractivity contribution in [3.8, 4) is 0 Å². The molecule has 0 aliphatic carbocycles. The average Bonchev–Trinajstić information content (AvgIpc) is 2.48. The summed E-state index contributed by atoms with van der Waals surface area (Å²) in [6, 6.07) is 7.25. The molecule has 110 valence electrons. The van der Waals surface area contributed by atoms with Gasteiger partial charge in [-0.3, -0.25) is 9.59 Å². The normalized spacial score (nSPS) is 16.1. The van der Waals surface area contributed by atoms with E-state index in [1.165, 1.54) is 7.05 Å². The Bertz CT molecular complexity index is 597. The Labute approximate surface area is 121 Å². The number of hydrazone groups is 1. The largest absolute Gasteiger partial charge is 0.479 e. The summed E-state index contributed by atoms with van der Waals surface area (Å²) in [4.78, 5) is 34.7. The Morgan fingerprint density at radius 3 is 2.52 bits per heavy atom. The van der Waals surface area contributed by atoms with Gasteiger partial charge in [0.2, 0.25) is 5.91 Å². The molecule has 0 spiro atoms. The van der Waals surface area contributed by atoms with E-state index in [2.05, 4.69) is 10.4 Å². The molecule has 0 bridgehead atoms. The van der Waals surface area contributed by atoms with E-state index in [0.717, 1.165) is 5.01 Å². The number of hydrogen-bond donors (Lipinski definition) is 2. The molecule has 1 aliphatic heterocycles. The van der Waals surface area contributed by atoms with Gasteiger partial charge in [-0.05, 0) is 5.56 Å². The lowest BCUT2D eigenvalue weighted by atomic mass is 10.1. The van der Waals surface area contributed by atoms with Crippen LogP contribution < -0.4 is 5.32 Å². The van der Waals surface area contributed by atoms with Crippen LogP contribution in [0.3, 0.4) is 0 Å². The van der Waals surface area contributed by atoms with E-state index in [-0.39, 0.29) is 24.5 Å². The number of aliphatic carboxylic acids is 1. The Morgan fingerprint density at radius 1 is 1.29 bits per heavy atom. The molecule has 1 aromatic rings. The van der Waals surface area contributed by atoms with Gasteiger partial charge in [-0.15, -0.1) is 0 Å². The molecule has 2 rings (SSSR count). The minimum absolute atomic E-state index is 0.152.